The molecule has 0 saturated heterocycles. The van der Waals surface area contributed by atoms with Gasteiger partial charge in [-0.2, -0.15) is 10.2 Å². The highest BCUT2D eigenvalue weighted by Crippen LogP contribution is 2.26. The van der Waals surface area contributed by atoms with Gasteiger partial charge in [0.15, 0.2) is 0 Å². The molecule has 88 valence electrons. The smallest absolute Gasteiger partial charge is 0.246 e. The molecular weight excluding hydrogens is 214 g/mol. The summed E-state index contributed by atoms with van der Waals surface area (Å²) in [5.74, 6) is -0.369. The van der Waals surface area contributed by atoms with E-state index >= 15 is 0 Å². The number of allylic oxidation sites excluding steroid dienone is 1. The average Bonchev–Trinajstić information content (AvgIpc) is 2.38. The van der Waals surface area contributed by atoms with Crippen molar-refractivity contribution in [3.05, 3.63) is 41.6 Å². The Bertz CT molecular complexity index is 463. The van der Waals surface area contributed by atoms with Crippen LogP contribution in [-0.2, 0) is 4.79 Å². The molecule has 0 bridgehead atoms. The van der Waals surface area contributed by atoms with E-state index in [0.717, 1.165) is 37.1 Å². The quantitative estimate of drug-likeness (QED) is 0.795. The lowest BCUT2D eigenvalue weighted by Gasteiger charge is -2.13. The van der Waals surface area contributed by atoms with Gasteiger partial charge in [-0.15, -0.1) is 0 Å². The number of amides is 1. The molecule has 4 heteroatoms. The van der Waals surface area contributed by atoms with E-state index < -0.39 is 0 Å². The first-order chi connectivity index (χ1) is 8.27. The van der Waals surface area contributed by atoms with Crippen molar-refractivity contribution in [3.63, 3.8) is 0 Å². The molecule has 0 atom stereocenters. The zero-order chi connectivity index (χ0) is 12.1. The maximum Gasteiger partial charge on any atom is 0.246 e. The normalized spacial score (nSPS) is 16.5. The van der Waals surface area contributed by atoms with Gasteiger partial charge in [-0.05, 0) is 37.8 Å². The topological polar surface area (TPSA) is 67.8 Å². The SMILES string of the molecule is NC(=O)C1=C(N=Nc2ccccc2)CCCC1. The van der Waals surface area contributed by atoms with E-state index in [0.29, 0.717) is 5.57 Å². The monoisotopic (exact) mass is 229 g/mol. The molecule has 0 aromatic heterocycles. The van der Waals surface area contributed by atoms with Crippen LogP contribution in [0.2, 0.25) is 0 Å². The van der Waals surface area contributed by atoms with Crippen molar-refractivity contribution in [3.8, 4) is 0 Å². The summed E-state index contributed by atoms with van der Waals surface area (Å²) < 4.78 is 0. The highest BCUT2D eigenvalue weighted by atomic mass is 16.1. The number of primary amides is 1. The second-order valence-electron chi connectivity index (χ2n) is 4.03. The molecule has 1 aromatic rings. The number of azo groups is 1. The van der Waals surface area contributed by atoms with Crippen molar-refractivity contribution in [2.45, 2.75) is 25.7 Å². The molecule has 0 saturated carbocycles. The minimum absolute atomic E-state index is 0.369. The third-order valence-corrected chi connectivity index (χ3v) is 2.78. The van der Waals surface area contributed by atoms with E-state index in [4.69, 9.17) is 5.73 Å². The van der Waals surface area contributed by atoms with Crippen molar-refractivity contribution in [1.29, 1.82) is 0 Å². The van der Waals surface area contributed by atoms with Gasteiger partial charge >= 0.3 is 0 Å². The zero-order valence-electron chi connectivity index (χ0n) is 9.60. The molecule has 1 aromatic carbocycles. The van der Waals surface area contributed by atoms with Gasteiger partial charge in [0.25, 0.3) is 0 Å². The van der Waals surface area contributed by atoms with Gasteiger partial charge in [0.05, 0.1) is 11.4 Å². The van der Waals surface area contributed by atoms with Gasteiger partial charge in [0.2, 0.25) is 5.91 Å². The number of hydrogen-bond donors (Lipinski definition) is 1. The molecule has 1 amide bonds. The van der Waals surface area contributed by atoms with Crippen LogP contribution in [0.1, 0.15) is 25.7 Å². The Kier molecular flexibility index (Phi) is 3.65. The molecule has 0 aliphatic heterocycles. The molecule has 17 heavy (non-hydrogen) atoms. The number of hydrogen-bond acceptors (Lipinski definition) is 3. The summed E-state index contributed by atoms with van der Waals surface area (Å²) in [7, 11) is 0. The van der Waals surface area contributed by atoms with Gasteiger partial charge in [-0.3, -0.25) is 4.79 Å². The van der Waals surface area contributed by atoms with E-state index in [1.165, 1.54) is 0 Å². The van der Waals surface area contributed by atoms with Crippen LogP contribution in [0, 0.1) is 0 Å². The van der Waals surface area contributed by atoms with Crippen LogP contribution in [0.3, 0.4) is 0 Å². The van der Waals surface area contributed by atoms with Crippen molar-refractivity contribution in [1.82, 2.24) is 0 Å². The summed E-state index contributed by atoms with van der Waals surface area (Å²) in [6.07, 6.45) is 3.55. The number of rotatable bonds is 3. The number of carbonyl (C=O) groups excluding carboxylic acids is 1. The molecule has 0 fully saturated rings. The Balaban J connectivity index is 2.21. The maximum atomic E-state index is 11.2. The standard InChI is InChI=1S/C13H15N3O/c14-13(17)11-8-4-5-9-12(11)16-15-10-6-2-1-3-7-10/h1-3,6-7H,4-5,8-9H2,(H2,14,17). The largest absolute Gasteiger partial charge is 0.366 e. The first-order valence-electron chi connectivity index (χ1n) is 5.76. The predicted molar refractivity (Wildman–Crippen MR) is 65.6 cm³/mol. The van der Waals surface area contributed by atoms with Crippen LogP contribution in [0.4, 0.5) is 5.69 Å². The molecule has 4 nitrogen and oxygen atoms in total. The lowest BCUT2D eigenvalue weighted by Crippen LogP contribution is -2.17. The second kappa shape index (κ2) is 5.39. The van der Waals surface area contributed by atoms with E-state index in [1.807, 2.05) is 30.3 Å². The minimum Gasteiger partial charge on any atom is -0.366 e. The fourth-order valence-corrected chi connectivity index (χ4v) is 1.88. The number of nitrogens with two attached hydrogens (primary N) is 1. The molecule has 1 aliphatic rings. The fourth-order valence-electron chi connectivity index (χ4n) is 1.88. The summed E-state index contributed by atoms with van der Waals surface area (Å²) in [6, 6.07) is 9.47. The number of carbonyl (C=O) groups is 1. The van der Waals surface area contributed by atoms with Crippen LogP contribution in [0.25, 0.3) is 0 Å². The lowest BCUT2D eigenvalue weighted by molar-refractivity contribution is -0.114. The van der Waals surface area contributed by atoms with Crippen LogP contribution in [-0.4, -0.2) is 5.91 Å². The first-order valence-corrected chi connectivity index (χ1v) is 5.76. The van der Waals surface area contributed by atoms with Gasteiger partial charge in [-0.1, -0.05) is 18.2 Å². The fraction of sp³-hybridized carbons (Fsp3) is 0.308. The minimum atomic E-state index is -0.369. The molecule has 2 N–H and O–H groups in total. The first kappa shape index (κ1) is 11.5. The Morgan fingerprint density at radius 3 is 2.47 bits per heavy atom. The average molecular weight is 229 g/mol. The number of benzene rings is 1. The van der Waals surface area contributed by atoms with Crippen molar-refractivity contribution in [2.24, 2.45) is 16.0 Å². The van der Waals surface area contributed by atoms with Crippen molar-refractivity contribution >= 4 is 11.6 Å². The summed E-state index contributed by atoms with van der Waals surface area (Å²) in [6.45, 7) is 0. The molecular formula is C13H15N3O. The van der Waals surface area contributed by atoms with Crippen LogP contribution in [0.5, 0.6) is 0 Å². The predicted octanol–water partition coefficient (Wildman–Crippen LogP) is 3.08. The second-order valence-corrected chi connectivity index (χ2v) is 4.03. The highest BCUT2D eigenvalue weighted by molar-refractivity contribution is 5.92. The Labute approximate surface area is 100 Å². The third-order valence-electron chi connectivity index (χ3n) is 2.78. The molecule has 0 spiro atoms. The molecule has 2 rings (SSSR count). The van der Waals surface area contributed by atoms with E-state index in [2.05, 4.69) is 10.2 Å². The summed E-state index contributed by atoms with van der Waals surface area (Å²) in [4.78, 5) is 11.2. The van der Waals surface area contributed by atoms with Gasteiger partial charge in [-0.25, -0.2) is 0 Å². The zero-order valence-corrected chi connectivity index (χ0v) is 9.60. The Hall–Kier alpha value is -1.97. The third kappa shape index (κ3) is 3.00. The Morgan fingerprint density at radius 2 is 1.76 bits per heavy atom. The maximum absolute atomic E-state index is 11.2. The van der Waals surface area contributed by atoms with Gasteiger partial charge in [0, 0.05) is 5.57 Å². The van der Waals surface area contributed by atoms with Crippen LogP contribution < -0.4 is 5.73 Å². The van der Waals surface area contributed by atoms with Gasteiger partial charge < -0.3 is 5.73 Å². The molecule has 0 radical (unpaired) electrons. The summed E-state index contributed by atoms with van der Waals surface area (Å²) >= 11 is 0. The summed E-state index contributed by atoms with van der Waals surface area (Å²) in [5.41, 5.74) is 7.49. The number of nitrogens with zero attached hydrogens (tertiary/aromatic N) is 2. The Morgan fingerprint density at radius 1 is 1.06 bits per heavy atom. The van der Waals surface area contributed by atoms with E-state index in [-0.39, 0.29) is 5.91 Å². The van der Waals surface area contributed by atoms with Crippen molar-refractivity contribution < 1.29 is 4.79 Å². The lowest BCUT2D eigenvalue weighted by atomic mass is 9.96. The van der Waals surface area contributed by atoms with Crippen molar-refractivity contribution in [2.75, 3.05) is 0 Å². The van der Waals surface area contributed by atoms with Crippen LogP contribution >= 0.6 is 0 Å². The summed E-state index contributed by atoms with van der Waals surface area (Å²) in [5, 5.41) is 8.28. The molecule has 0 unspecified atom stereocenters. The van der Waals surface area contributed by atoms with E-state index in [1.54, 1.807) is 0 Å². The van der Waals surface area contributed by atoms with E-state index in [9.17, 15) is 4.79 Å². The molecule has 1 aliphatic carbocycles. The van der Waals surface area contributed by atoms with Gasteiger partial charge in [0.1, 0.15) is 0 Å². The highest BCUT2D eigenvalue weighted by Gasteiger charge is 2.16. The molecule has 0 heterocycles. The van der Waals surface area contributed by atoms with Crippen LogP contribution in [0.15, 0.2) is 51.8 Å².